The van der Waals surface area contributed by atoms with E-state index in [1.165, 1.54) is 0 Å². The van der Waals surface area contributed by atoms with Crippen LogP contribution in [0.4, 0.5) is 0 Å². The van der Waals surface area contributed by atoms with E-state index in [1.807, 2.05) is 47.4 Å². The molecule has 5 nitrogen and oxygen atoms in total. The lowest BCUT2D eigenvalue weighted by Gasteiger charge is -2.42. The average Bonchev–Trinajstić information content (AvgIpc) is 2.88. The van der Waals surface area contributed by atoms with Gasteiger partial charge in [0.1, 0.15) is 5.75 Å². The molecule has 0 saturated carbocycles. The number of ether oxygens (including phenoxy) is 1. The van der Waals surface area contributed by atoms with Crippen LogP contribution in [0.3, 0.4) is 0 Å². The molecule has 1 N–H and O–H groups in total. The number of benzene rings is 3. The van der Waals surface area contributed by atoms with Gasteiger partial charge in [0.15, 0.2) is 0 Å². The Morgan fingerprint density at radius 2 is 1.76 bits per heavy atom. The molecule has 170 valence electrons. The molecule has 3 aromatic carbocycles. The Morgan fingerprint density at radius 3 is 2.52 bits per heavy atom. The lowest BCUT2D eigenvalue weighted by atomic mass is 9.73. The standard InChI is InChI=1S/C28H30N2O3/c1-29-27(32)28(19-23-12-6-7-15-25(23)21-10-4-3-5-11-21)16-9-17-30(20-28)26(31)22-13-8-14-24(18-22)33-2/h3-8,10-15,18H,9,16-17,19-20H2,1-2H3,(H,29,32). The van der Waals surface area contributed by atoms with E-state index in [9.17, 15) is 9.59 Å². The van der Waals surface area contributed by atoms with Crippen molar-refractivity contribution >= 4 is 11.8 Å². The van der Waals surface area contributed by atoms with Gasteiger partial charge in [0.2, 0.25) is 5.91 Å². The van der Waals surface area contributed by atoms with Gasteiger partial charge in [-0.2, -0.15) is 0 Å². The van der Waals surface area contributed by atoms with Crippen molar-refractivity contribution < 1.29 is 14.3 Å². The van der Waals surface area contributed by atoms with Crippen molar-refractivity contribution in [1.82, 2.24) is 10.2 Å². The van der Waals surface area contributed by atoms with Gasteiger partial charge in [-0.3, -0.25) is 9.59 Å². The van der Waals surface area contributed by atoms with E-state index in [1.54, 1.807) is 26.3 Å². The van der Waals surface area contributed by atoms with Gasteiger partial charge < -0.3 is 15.0 Å². The SMILES string of the molecule is CNC(=O)C1(Cc2ccccc2-c2ccccc2)CCCN(C(=O)c2cccc(OC)c2)C1. The lowest BCUT2D eigenvalue weighted by Crippen LogP contribution is -2.54. The summed E-state index contributed by atoms with van der Waals surface area (Å²) >= 11 is 0. The third-order valence-electron chi connectivity index (χ3n) is 6.52. The van der Waals surface area contributed by atoms with Gasteiger partial charge in [-0.25, -0.2) is 0 Å². The quantitative estimate of drug-likeness (QED) is 0.608. The van der Waals surface area contributed by atoms with Gasteiger partial charge in [0.25, 0.3) is 5.91 Å². The van der Waals surface area contributed by atoms with Gasteiger partial charge in [-0.15, -0.1) is 0 Å². The number of carbonyl (C=O) groups is 2. The highest BCUT2D eigenvalue weighted by Gasteiger charge is 2.43. The van der Waals surface area contributed by atoms with Crippen molar-refractivity contribution in [3.05, 3.63) is 90.0 Å². The molecule has 1 saturated heterocycles. The van der Waals surface area contributed by atoms with Gasteiger partial charge in [-0.1, -0.05) is 60.7 Å². The Labute approximate surface area is 195 Å². The van der Waals surface area contributed by atoms with E-state index < -0.39 is 5.41 Å². The first-order chi connectivity index (χ1) is 16.1. The van der Waals surface area contributed by atoms with Crippen LogP contribution in [0.25, 0.3) is 11.1 Å². The monoisotopic (exact) mass is 442 g/mol. The Hall–Kier alpha value is -3.60. The average molecular weight is 443 g/mol. The highest BCUT2D eigenvalue weighted by Crippen LogP contribution is 2.37. The maximum Gasteiger partial charge on any atom is 0.254 e. The summed E-state index contributed by atoms with van der Waals surface area (Å²) in [5.41, 5.74) is 3.25. The molecule has 1 aliphatic heterocycles. The molecule has 0 radical (unpaired) electrons. The molecule has 1 heterocycles. The number of nitrogens with zero attached hydrogens (tertiary/aromatic N) is 1. The van der Waals surface area contributed by atoms with Gasteiger partial charge in [-0.05, 0) is 54.2 Å². The molecule has 33 heavy (non-hydrogen) atoms. The van der Waals surface area contributed by atoms with Crippen LogP contribution < -0.4 is 10.1 Å². The van der Waals surface area contributed by atoms with Crippen LogP contribution in [-0.4, -0.2) is 44.0 Å². The molecule has 0 bridgehead atoms. The molecule has 0 aromatic heterocycles. The summed E-state index contributed by atoms with van der Waals surface area (Å²) in [4.78, 5) is 28.4. The van der Waals surface area contributed by atoms with Crippen molar-refractivity contribution in [3.8, 4) is 16.9 Å². The number of carbonyl (C=O) groups excluding carboxylic acids is 2. The second-order valence-corrected chi connectivity index (χ2v) is 8.62. The molecule has 1 unspecified atom stereocenters. The number of piperidine rings is 1. The van der Waals surface area contributed by atoms with E-state index in [2.05, 4.69) is 29.6 Å². The molecule has 2 amide bonds. The van der Waals surface area contributed by atoms with Crippen LogP contribution in [0.1, 0.15) is 28.8 Å². The summed E-state index contributed by atoms with van der Waals surface area (Å²) in [5, 5.41) is 2.88. The lowest BCUT2D eigenvalue weighted by molar-refractivity contribution is -0.133. The van der Waals surface area contributed by atoms with E-state index in [0.717, 1.165) is 29.5 Å². The van der Waals surface area contributed by atoms with Gasteiger partial charge in [0, 0.05) is 25.7 Å². The smallest absolute Gasteiger partial charge is 0.254 e. The van der Waals surface area contributed by atoms with Crippen LogP contribution in [0, 0.1) is 5.41 Å². The fraction of sp³-hybridized carbons (Fsp3) is 0.286. The largest absolute Gasteiger partial charge is 0.497 e. The van der Waals surface area contributed by atoms with Crippen LogP contribution in [0.15, 0.2) is 78.9 Å². The first kappa shape index (κ1) is 22.6. The maximum absolute atomic E-state index is 13.3. The Kier molecular flexibility index (Phi) is 6.78. The third-order valence-corrected chi connectivity index (χ3v) is 6.52. The summed E-state index contributed by atoms with van der Waals surface area (Å²) < 4.78 is 5.29. The zero-order valence-corrected chi connectivity index (χ0v) is 19.2. The normalized spacial score (nSPS) is 17.9. The predicted octanol–water partition coefficient (Wildman–Crippen LogP) is 4.57. The summed E-state index contributed by atoms with van der Waals surface area (Å²) in [5.74, 6) is 0.555. The van der Waals surface area contributed by atoms with Crippen molar-refractivity contribution in [2.45, 2.75) is 19.3 Å². The molecule has 5 heteroatoms. The highest BCUT2D eigenvalue weighted by atomic mass is 16.5. The third kappa shape index (κ3) is 4.77. The molecular weight excluding hydrogens is 412 g/mol. The number of amides is 2. The van der Waals surface area contributed by atoms with Crippen LogP contribution in [0.2, 0.25) is 0 Å². The number of methoxy groups -OCH3 is 1. The molecule has 0 aliphatic carbocycles. The Bertz CT molecular complexity index is 1130. The number of likely N-dealkylation sites (tertiary alicyclic amines) is 1. The fourth-order valence-corrected chi connectivity index (χ4v) is 4.86. The van der Waals surface area contributed by atoms with Gasteiger partial charge in [0.05, 0.1) is 12.5 Å². The van der Waals surface area contributed by atoms with Crippen LogP contribution in [0.5, 0.6) is 5.75 Å². The molecule has 1 fully saturated rings. The summed E-state index contributed by atoms with van der Waals surface area (Å²) in [7, 11) is 3.27. The number of hydrogen-bond donors (Lipinski definition) is 1. The van der Waals surface area contributed by atoms with E-state index in [-0.39, 0.29) is 11.8 Å². The van der Waals surface area contributed by atoms with E-state index in [4.69, 9.17) is 4.74 Å². The topological polar surface area (TPSA) is 58.6 Å². The minimum atomic E-state index is -0.688. The minimum absolute atomic E-state index is 0.0199. The predicted molar refractivity (Wildman–Crippen MR) is 130 cm³/mol. The Balaban J connectivity index is 1.66. The summed E-state index contributed by atoms with van der Waals surface area (Å²) in [6, 6.07) is 25.7. The zero-order chi connectivity index (χ0) is 23.3. The van der Waals surface area contributed by atoms with Crippen LogP contribution in [-0.2, 0) is 11.2 Å². The molecule has 1 atom stereocenters. The Morgan fingerprint density at radius 1 is 1.00 bits per heavy atom. The summed E-state index contributed by atoms with van der Waals surface area (Å²) in [6.45, 7) is 1.01. The zero-order valence-electron chi connectivity index (χ0n) is 19.2. The maximum atomic E-state index is 13.3. The van der Waals surface area contributed by atoms with Crippen molar-refractivity contribution in [1.29, 1.82) is 0 Å². The second-order valence-electron chi connectivity index (χ2n) is 8.62. The van der Waals surface area contributed by atoms with Crippen molar-refractivity contribution in [2.75, 3.05) is 27.2 Å². The molecule has 3 aromatic rings. The first-order valence-corrected chi connectivity index (χ1v) is 11.4. The van der Waals surface area contributed by atoms with Crippen molar-refractivity contribution in [2.24, 2.45) is 5.41 Å². The molecule has 1 aliphatic rings. The molecule has 0 spiro atoms. The fourth-order valence-electron chi connectivity index (χ4n) is 4.86. The van der Waals surface area contributed by atoms with E-state index in [0.29, 0.717) is 30.8 Å². The second kappa shape index (κ2) is 9.90. The number of rotatable bonds is 6. The summed E-state index contributed by atoms with van der Waals surface area (Å²) in [6.07, 6.45) is 2.08. The van der Waals surface area contributed by atoms with Crippen molar-refractivity contribution in [3.63, 3.8) is 0 Å². The number of hydrogen-bond acceptors (Lipinski definition) is 3. The highest BCUT2D eigenvalue weighted by molar-refractivity contribution is 5.95. The van der Waals surface area contributed by atoms with Crippen LogP contribution >= 0.6 is 0 Å². The molecular formula is C28H30N2O3. The first-order valence-electron chi connectivity index (χ1n) is 11.4. The minimum Gasteiger partial charge on any atom is -0.497 e. The number of nitrogens with one attached hydrogen (secondary N) is 1. The van der Waals surface area contributed by atoms with E-state index >= 15 is 0 Å². The van der Waals surface area contributed by atoms with Gasteiger partial charge >= 0.3 is 0 Å². The molecule has 4 rings (SSSR count).